The Morgan fingerprint density at radius 2 is 1.35 bits per heavy atom. The zero-order valence-corrected chi connectivity index (χ0v) is 14.6. The molecule has 3 aromatic rings. The van der Waals surface area contributed by atoms with Crippen LogP contribution in [0.4, 0.5) is 0 Å². The number of hydrogen-bond acceptors (Lipinski definition) is 4. The zero-order chi connectivity index (χ0) is 18.2. The number of ether oxygens (including phenoxy) is 1. The maximum absolute atomic E-state index is 13.6. The number of carbonyl (C=O) groups excluding carboxylic acids is 1. The van der Waals surface area contributed by atoms with Gasteiger partial charge in [-0.1, -0.05) is 60.7 Å². The molecule has 0 fully saturated rings. The molecule has 26 heavy (non-hydrogen) atoms. The van der Waals surface area contributed by atoms with E-state index < -0.39 is 20.4 Å². The fraction of sp³-hybridized carbons (Fsp3) is 0.0952. The van der Waals surface area contributed by atoms with Gasteiger partial charge >= 0.3 is 0 Å². The second kappa shape index (κ2) is 6.11. The van der Waals surface area contributed by atoms with Crippen LogP contribution in [0.5, 0.6) is 5.75 Å². The molecule has 0 saturated carbocycles. The highest BCUT2D eigenvalue weighted by Gasteiger charge is 2.56. The monoisotopic (exact) mass is 364 g/mol. The Balaban J connectivity index is 2.01. The third-order valence-corrected chi connectivity index (χ3v) is 7.03. The van der Waals surface area contributed by atoms with Gasteiger partial charge in [-0.25, -0.2) is 8.42 Å². The summed E-state index contributed by atoms with van der Waals surface area (Å²) in [5.74, 6) is -0.0540. The first-order valence-electron chi connectivity index (χ1n) is 8.19. The maximum Gasteiger partial charge on any atom is 0.199 e. The smallest absolute Gasteiger partial charge is 0.199 e. The Morgan fingerprint density at radius 3 is 2.04 bits per heavy atom. The molecule has 5 heteroatoms. The predicted octanol–water partition coefficient (Wildman–Crippen LogP) is 3.63. The highest BCUT2D eigenvalue weighted by atomic mass is 32.2. The molecule has 4 nitrogen and oxygen atoms in total. The van der Waals surface area contributed by atoms with Crippen molar-refractivity contribution in [1.82, 2.24) is 0 Å². The molecule has 1 aliphatic rings. The molecule has 0 aromatic heterocycles. The Morgan fingerprint density at radius 1 is 0.769 bits per heavy atom. The summed E-state index contributed by atoms with van der Waals surface area (Å²) in [7, 11) is -4.04. The van der Waals surface area contributed by atoms with Gasteiger partial charge in [-0.15, -0.1) is 0 Å². The summed E-state index contributed by atoms with van der Waals surface area (Å²) in [6.07, 6.45) is 0. The number of Topliss-reactive ketones (excluding diaryl/α,β-unsaturated/α-hetero) is 1. The Labute approximate surface area is 152 Å². The number of carbonyl (C=O) groups is 1. The molecule has 0 saturated heterocycles. The van der Waals surface area contributed by atoms with Gasteiger partial charge in [-0.3, -0.25) is 4.79 Å². The van der Waals surface area contributed by atoms with Crippen LogP contribution in [0, 0.1) is 0 Å². The van der Waals surface area contributed by atoms with Gasteiger partial charge < -0.3 is 4.74 Å². The molecule has 0 N–H and O–H groups in total. The fourth-order valence-corrected chi connectivity index (χ4v) is 5.25. The van der Waals surface area contributed by atoms with E-state index >= 15 is 0 Å². The van der Waals surface area contributed by atoms with Crippen LogP contribution in [-0.4, -0.2) is 20.8 Å². The molecular weight excluding hydrogens is 348 g/mol. The van der Waals surface area contributed by atoms with Crippen LogP contribution < -0.4 is 4.74 Å². The second-order valence-electron chi connectivity index (χ2n) is 6.12. The molecule has 3 aromatic carbocycles. The number of benzene rings is 3. The summed E-state index contributed by atoms with van der Waals surface area (Å²) in [5.41, 5.74) is 0.686. The molecule has 0 bridgehead atoms. The normalized spacial score (nSPS) is 19.5. The molecule has 0 amide bonds. The van der Waals surface area contributed by atoms with Gasteiger partial charge in [0.05, 0.1) is 10.5 Å². The molecule has 1 heterocycles. The Hall–Kier alpha value is -2.92. The summed E-state index contributed by atoms with van der Waals surface area (Å²) in [4.78, 5) is 13.6. The van der Waals surface area contributed by atoms with Gasteiger partial charge in [0, 0.05) is 0 Å². The highest BCUT2D eigenvalue weighted by molar-refractivity contribution is 7.93. The number of ketones is 1. The van der Waals surface area contributed by atoms with Crippen LogP contribution in [0.1, 0.15) is 15.9 Å². The quantitative estimate of drug-likeness (QED) is 0.712. The van der Waals surface area contributed by atoms with Gasteiger partial charge in [0.15, 0.2) is 20.4 Å². The summed E-state index contributed by atoms with van der Waals surface area (Å²) < 4.78 is 31.2. The summed E-state index contributed by atoms with van der Waals surface area (Å²) in [6.45, 7) is -0.260. The van der Waals surface area contributed by atoms with Crippen molar-refractivity contribution in [2.75, 3.05) is 6.61 Å². The SMILES string of the molecule is O=C1c2ccccc2OCC1(c1ccccc1)S(=O)(=O)c1ccccc1. The van der Waals surface area contributed by atoms with Gasteiger partial charge in [0.25, 0.3) is 0 Å². The molecule has 1 aliphatic heterocycles. The van der Waals surface area contributed by atoms with Crippen molar-refractivity contribution in [3.63, 3.8) is 0 Å². The minimum absolute atomic E-state index is 0.0974. The molecule has 130 valence electrons. The van der Waals surface area contributed by atoms with Crippen LogP contribution >= 0.6 is 0 Å². The van der Waals surface area contributed by atoms with Crippen LogP contribution in [0.25, 0.3) is 0 Å². The van der Waals surface area contributed by atoms with Crippen LogP contribution in [0.3, 0.4) is 0 Å². The molecule has 0 spiro atoms. The lowest BCUT2D eigenvalue weighted by Crippen LogP contribution is -2.51. The topological polar surface area (TPSA) is 60.4 Å². The Kier molecular flexibility index (Phi) is 3.89. The van der Waals surface area contributed by atoms with E-state index in [-0.39, 0.29) is 17.1 Å². The van der Waals surface area contributed by atoms with E-state index in [4.69, 9.17) is 4.74 Å². The van der Waals surface area contributed by atoms with E-state index in [0.717, 1.165) is 0 Å². The van der Waals surface area contributed by atoms with E-state index in [1.807, 2.05) is 0 Å². The van der Waals surface area contributed by atoms with E-state index in [2.05, 4.69) is 0 Å². The molecule has 4 rings (SSSR count). The number of para-hydroxylation sites is 1. The lowest BCUT2D eigenvalue weighted by molar-refractivity contribution is 0.0858. The predicted molar refractivity (Wildman–Crippen MR) is 98.0 cm³/mol. The van der Waals surface area contributed by atoms with Crippen LogP contribution in [-0.2, 0) is 14.6 Å². The lowest BCUT2D eigenvalue weighted by Gasteiger charge is -2.36. The lowest BCUT2D eigenvalue weighted by atomic mass is 9.88. The standard InChI is InChI=1S/C21H16O4S/c22-20-18-13-7-8-14-19(18)25-15-21(20,16-9-3-1-4-10-16)26(23,24)17-11-5-2-6-12-17/h1-14H,15H2. The maximum atomic E-state index is 13.6. The molecule has 1 unspecified atom stereocenters. The van der Waals surface area contributed by atoms with Crippen molar-refractivity contribution in [1.29, 1.82) is 0 Å². The van der Waals surface area contributed by atoms with E-state index in [0.29, 0.717) is 11.3 Å². The third-order valence-electron chi connectivity index (χ3n) is 4.68. The molecule has 1 atom stereocenters. The average Bonchev–Trinajstić information content (AvgIpc) is 2.70. The largest absolute Gasteiger partial charge is 0.490 e. The van der Waals surface area contributed by atoms with Gasteiger partial charge in [0.1, 0.15) is 12.4 Å². The van der Waals surface area contributed by atoms with Crippen molar-refractivity contribution < 1.29 is 17.9 Å². The first-order valence-corrected chi connectivity index (χ1v) is 9.67. The molecular formula is C21H16O4S. The summed E-state index contributed by atoms with van der Waals surface area (Å²) in [5, 5.41) is 0. The van der Waals surface area contributed by atoms with Gasteiger partial charge in [-0.2, -0.15) is 0 Å². The van der Waals surface area contributed by atoms with Crippen molar-refractivity contribution in [3.05, 3.63) is 96.1 Å². The van der Waals surface area contributed by atoms with Gasteiger partial charge in [0.2, 0.25) is 0 Å². The van der Waals surface area contributed by atoms with Crippen molar-refractivity contribution in [2.24, 2.45) is 0 Å². The fourth-order valence-electron chi connectivity index (χ4n) is 3.32. The first kappa shape index (κ1) is 16.5. The second-order valence-corrected chi connectivity index (χ2v) is 8.30. The minimum Gasteiger partial charge on any atom is -0.490 e. The number of hydrogen-bond donors (Lipinski definition) is 0. The van der Waals surface area contributed by atoms with Crippen molar-refractivity contribution in [2.45, 2.75) is 9.64 Å². The first-order chi connectivity index (χ1) is 12.6. The van der Waals surface area contributed by atoms with E-state index in [9.17, 15) is 13.2 Å². The number of rotatable bonds is 3. The summed E-state index contributed by atoms with van der Waals surface area (Å²) in [6, 6.07) is 23.4. The number of sulfone groups is 1. The van der Waals surface area contributed by atoms with Gasteiger partial charge in [-0.05, 0) is 29.8 Å². The van der Waals surface area contributed by atoms with E-state index in [1.54, 1.807) is 72.8 Å². The average molecular weight is 364 g/mol. The van der Waals surface area contributed by atoms with Crippen LogP contribution in [0.2, 0.25) is 0 Å². The third kappa shape index (κ3) is 2.28. The number of fused-ring (bicyclic) bond motifs is 1. The van der Waals surface area contributed by atoms with Crippen LogP contribution in [0.15, 0.2) is 89.8 Å². The molecule has 0 radical (unpaired) electrons. The van der Waals surface area contributed by atoms with Crippen molar-refractivity contribution >= 4 is 15.6 Å². The zero-order valence-electron chi connectivity index (χ0n) is 13.8. The van der Waals surface area contributed by atoms with E-state index in [1.165, 1.54) is 12.1 Å². The van der Waals surface area contributed by atoms with Crippen molar-refractivity contribution in [3.8, 4) is 5.75 Å². The highest BCUT2D eigenvalue weighted by Crippen LogP contribution is 2.43. The summed E-state index contributed by atoms with van der Waals surface area (Å²) >= 11 is 0. The Bertz CT molecular complexity index is 1060. The minimum atomic E-state index is -4.04. The molecule has 0 aliphatic carbocycles.